The zero-order valence-electron chi connectivity index (χ0n) is 25.5. The summed E-state index contributed by atoms with van der Waals surface area (Å²) in [5, 5.41) is 11.8. The Kier molecular flexibility index (Phi) is 9.73. The van der Waals surface area contributed by atoms with E-state index in [0.717, 1.165) is 36.0 Å². The van der Waals surface area contributed by atoms with Crippen LogP contribution >= 0.6 is 0 Å². The molecule has 9 heteroatoms. The largest absolute Gasteiger partial charge is 0.496 e. The highest BCUT2D eigenvalue weighted by molar-refractivity contribution is 7.91. The van der Waals surface area contributed by atoms with Gasteiger partial charge in [0.2, 0.25) is 15.9 Å². The average molecular weight is 597 g/mol. The SMILES string of the molecule is COc1cc([C@@H](O)[C@@H](CC2Cc3ccccc3C2)Cn2ccc(CCC(=O)NS(=O)(=O)C(C)(C)C)c2)cc(OC)c1C. The predicted octanol–water partition coefficient (Wildman–Crippen LogP) is 5.15. The number of amides is 1. The molecule has 1 amide bonds. The molecule has 2 atom stereocenters. The van der Waals surface area contributed by atoms with Crippen LogP contribution in [0.4, 0.5) is 0 Å². The van der Waals surface area contributed by atoms with E-state index >= 15 is 0 Å². The molecule has 0 saturated heterocycles. The highest BCUT2D eigenvalue weighted by Gasteiger charge is 2.31. The molecule has 0 fully saturated rings. The van der Waals surface area contributed by atoms with Crippen LogP contribution in [0.5, 0.6) is 11.5 Å². The summed E-state index contributed by atoms with van der Waals surface area (Å²) in [7, 11) is -0.510. The van der Waals surface area contributed by atoms with Crippen molar-refractivity contribution in [3.63, 3.8) is 0 Å². The van der Waals surface area contributed by atoms with E-state index in [9.17, 15) is 18.3 Å². The van der Waals surface area contributed by atoms with Crippen molar-refractivity contribution in [2.24, 2.45) is 11.8 Å². The molecule has 0 bridgehead atoms. The third kappa shape index (κ3) is 7.36. The van der Waals surface area contributed by atoms with E-state index in [1.54, 1.807) is 35.0 Å². The van der Waals surface area contributed by atoms with Crippen LogP contribution in [0.15, 0.2) is 54.9 Å². The van der Waals surface area contributed by atoms with Crippen molar-refractivity contribution < 1.29 is 27.8 Å². The number of aryl methyl sites for hydroxylation is 1. The molecule has 0 spiro atoms. The third-order valence-corrected chi connectivity index (χ3v) is 10.4. The van der Waals surface area contributed by atoms with Gasteiger partial charge in [-0.1, -0.05) is 24.3 Å². The molecule has 0 aliphatic heterocycles. The Hall–Kier alpha value is -3.30. The van der Waals surface area contributed by atoms with Crippen molar-refractivity contribution >= 4 is 15.9 Å². The number of ether oxygens (including phenoxy) is 2. The maximum absolute atomic E-state index is 12.4. The first-order valence-electron chi connectivity index (χ1n) is 14.5. The number of methoxy groups -OCH3 is 2. The minimum absolute atomic E-state index is 0.0642. The molecule has 2 aromatic carbocycles. The first-order valence-corrected chi connectivity index (χ1v) is 16.0. The minimum atomic E-state index is -3.74. The van der Waals surface area contributed by atoms with Gasteiger partial charge in [-0.25, -0.2) is 8.42 Å². The second-order valence-electron chi connectivity index (χ2n) is 12.4. The molecule has 2 N–H and O–H groups in total. The van der Waals surface area contributed by atoms with Crippen LogP contribution < -0.4 is 14.2 Å². The van der Waals surface area contributed by atoms with Crippen LogP contribution in [0.3, 0.4) is 0 Å². The fraction of sp³-hybridized carbons (Fsp3) is 0.485. The van der Waals surface area contributed by atoms with Gasteiger partial charge in [0.15, 0.2) is 0 Å². The molecule has 42 heavy (non-hydrogen) atoms. The maximum Gasteiger partial charge on any atom is 0.239 e. The summed E-state index contributed by atoms with van der Waals surface area (Å²) in [6.07, 6.45) is 6.46. The lowest BCUT2D eigenvalue weighted by atomic mass is 9.85. The summed E-state index contributed by atoms with van der Waals surface area (Å²) >= 11 is 0. The number of hydrogen-bond donors (Lipinski definition) is 2. The number of carbonyl (C=O) groups is 1. The van der Waals surface area contributed by atoms with Crippen LogP contribution in [0.2, 0.25) is 0 Å². The van der Waals surface area contributed by atoms with Gasteiger partial charge in [0.1, 0.15) is 11.5 Å². The van der Waals surface area contributed by atoms with E-state index in [-0.39, 0.29) is 12.3 Å². The van der Waals surface area contributed by atoms with Crippen molar-refractivity contribution in [2.45, 2.75) is 77.2 Å². The summed E-state index contributed by atoms with van der Waals surface area (Å²) in [5.41, 5.74) is 5.32. The third-order valence-electron chi connectivity index (χ3n) is 8.29. The quantitative estimate of drug-likeness (QED) is 0.300. The topological polar surface area (TPSA) is 107 Å². The molecule has 228 valence electrons. The smallest absolute Gasteiger partial charge is 0.239 e. The lowest BCUT2D eigenvalue weighted by Gasteiger charge is -2.27. The Balaban J connectivity index is 1.50. The molecule has 8 nitrogen and oxygen atoms in total. The fourth-order valence-corrected chi connectivity index (χ4v) is 6.44. The summed E-state index contributed by atoms with van der Waals surface area (Å²) in [6.45, 7) is 7.18. The number of nitrogens with one attached hydrogen (secondary N) is 1. The molecule has 3 aromatic rings. The van der Waals surface area contributed by atoms with E-state index in [0.29, 0.717) is 30.4 Å². The van der Waals surface area contributed by atoms with Gasteiger partial charge in [-0.05, 0) is 99.7 Å². The molecule has 1 aliphatic carbocycles. The molecular formula is C33H44N2O6S. The van der Waals surface area contributed by atoms with Crippen molar-refractivity contribution in [1.29, 1.82) is 0 Å². The van der Waals surface area contributed by atoms with Crippen molar-refractivity contribution in [3.05, 3.63) is 82.7 Å². The van der Waals surface area contributed by atoms with Crippen LogP contribution in [0, 0.1) is 18.8 Å². The summed E-state index contributed by atoms with van der Waals surface area (Å²) in [4.78, 5) is 12.4. The van der Waals surface area contributed by atoms with Gasteiger partial charge < -0.3 is 19.1 Å². The Morgan fingerprint density at radius 1 is 1.07 bits per heavy atom. The normalized spacial score (nSPS) is 15.2. The number of aliphatic hydroxyl groups is 1. The lowest BCUT2D eigenvalue weighted by Crippen LogP contribution is -2.42. The van der Waals surface area contributed by atoms with Crippen molar-refractivity contribution in [3.8, 4) is 11.5 Å². The van der Waals surface area contributed by atoms with E-state index in [1.165, 1.54) is 11.1 Å². The number of hydrogen-bond acceptors (Lipinski definition) is 6. The monoisotopic (exact) mass is 596 g/mol. The van der Waals surface area contributed by atoms with E-state index in [2.05, 4.69) is 33.6 Å². The lowest BCUT2D eigenvalue weighted by molar-refractivity contribution is -0.119. The van der Waals surface area contributed by atoms with E-state index in [4.69, 9.17) is 9.47 Å². The molecule has 1 heterocycles. The highest BCUT2D eigenvalue weighted by Crippen LogP contribution is 2.39. The molecule has 1 aliphatic rings. The van der Waals surface area contributed by atoms with Crippen molar-refractivity contribution in [2.75, 3.05) is 14.2 Å². The first kappa shape index (κ1) is 31.6. The van der Waals surface area contributed by atoms with E-state index in [1.807, 2.05) is 37.5 Å². The Morgan fingerprint density at radius 2 is 1.67 bits per heavy atom. The number of carbonyl (C=O) groups excluding carboxylic acids is 1. The zero-order valence-corrected chi connectivity index (χ0v) is 26.3. The summed E-state index contributed by atoms with van der Waals surface area (Å²) < 4.78 is 39.0. The van der Waals surface area contributed by atoms with Gasteiger partial charge in [-0.15, -0.1) is 0 Å². The Labute approximate surface area is 250 Å². The Morgan fingerprint density at radius 3 is 2.21 bits per heavy atom. The standard InChI is InChI=1S/C33H44N2O6S/c1-22-29(40-5)18-27(19-30(22)41-6)32(37)28(17-24-15-25-9-7-8-10-26(25)16-24)21-35-14-13-23(20-35)11-12-31(36)34-42(38,39)33(2,3)4/h7-10,13-14,18-20,24,28,32,37H,11-12,15-17,21H2,1-6H3,(H,34,36)/t28-,32+/m0/s1. The number of nitrogens with zero attached hydrogens (tertiary/aromatic N) is 1. The molecular weight excluding hydrogens is 552 g/mol. The van der Waals surface area contributed by atoms with Crippen LogP contribution in [-0.4, -0.2) is 43.0 Å². The highest BCUT2D eigenvalue weighted by atomic mass is 32.2. The second-order valence-corrected chi connectivity index (χ2v) is 14.8. The molecule has 0 saturated carbocycles. The zero-order chi connectivity index (χ0) is 30.7. The number of aromatic nitrogens is 1. The number of benzene rings is 2. The second kappa shape index (κ2) is 12.9. The van der Waals surface area contributed by atoms with Crippen LogP contribution in [0.1, 0.15) is 67.5 Å². The molecule has 4 rings (SSSR count). The summed E-state index contributed by atoms with van der Waals surface area (Å²) in [5.74, 6) is 1.14. The van der Waals surface area contributed by atoms with Gasteiger partial charge in [0.25, 0.3) is 0 Å². The minimum Gasteiger partial charge on any atom is -0.496 e. The molecule has 1 aromatic heterocycles. The summed E-state index contributed by atoms with van der Waals surface area (Å²) in [6, 6.07) is 14.3. The number of sulfonamides is 1. The Bertz CT molecular complexity index is 1450. The van der Waals surface area contributed by atoms with Gasteiger partial charge in [-0.3, -0.25) is 9.52 Å². The number of rotatable bonds is 12. The average Bonchev–Trinajstić information content (AvgIpc) is 3.56. The van der Waals surface area contributed by atoms with Crippen LogP contribution in [-0.2, 0) is 40.6 Å². The first-order chi connectivity index (χ1) is 19.8. The number of aliphatic hydroxyl groups excluding tert-OH is 1. The van der Waals surface area contributed by atoms with Crippen LogP contribution in [0.25, 0.3) is 0 Å². The molecule has 0 radical (unpaired) electrons. The van der Waals surface area contributed by atoms with E-state index < -0.39 is 26.8 Å². The molecule has 0 unspecified atom stereocenters. The number of fused-ring (bicyclic) bond motifs is 1. The van der Waals surface area contributed by atoms with Gasteiger partial charge in [0, 0.05) is 36.8 Å². The fourth-order valence-electron chi connectivity index (χ4n) is 5.73. The van der Waals surface area contributed by atoms with Crippen molar-refractivity contribution in [1.82, 2.24) is 9.29 Å². The predicted molar refractivity (Wildman–Crippen MR) is 164 cm³/mol. The van der Waals surface area contributed by atoms with Gasteiger partial charge >= 0.3 is 0 Å². The van der Waals surface area contributed by atoms with Gasteiger partial charge in [0.05, 0.1) is 25.1 Å². The maximum atomic E-state index is 12.4. The van der Waals surface area contributed by atoms with Gasteiger partial charge in [-0.2, -0.15) is 0 Å².